The summed E-state index contributed by atoms with van der Waals surface area (Å²) < 4.78 is 25.6. The van der Waals surface area contributed by atoms with Gasteiger partial charge in [0.25, 0.3) is 16.7 Å². The molecule has 0 aromatic heterocycles. The molecule has 17 heavy (non-hydrogen) atoms. The van der Waals surface area contributed by atoms with Crippen molar-refractivity contribution < 1.29 is 17.5 Å². The highest BCUT2D eigenvalue weighted by Gasteiger charge is 2.13. The number of hydrogen-bond acceptors (Lipinski definition) is 5. The van der Waals surface area contributed by atoms with Crippen molar-refractivity contribution in [3.05, 3.63) is 46.5 Å². The minimum absolute atomic E-state index is 0.0855. The number of benzene rings is 2. The zero-order valence-corrected chi connectivity index (χ0v) is 9.29. The highest BCUT2D eigenvalue weighted by Crippen LogP contribution is 2.31. The van der Waals surface area contributed by atoms with Gasteiger partial charge in [0.1, 0.15) is 5.75 Å². The molecule has 0 heterocycles. The summed E-state index contributed by atoms with van der Waals surface area (Å²) in [6.45, 7) is 0. The minimum atomic E-state index is -3.04. The van der Waals surface area contributed by atoms with E-state index in [0.29, 0.717) is 10.8 Å². The van der Waals surface area contributed by atoms with E-state index in [1.165, 1.54) is 30.3 Å². The van der Waals surface area contributed by atoms with Gasteiger partial charge >= 0.3 is 0 Å². The molecule has 2 rings (SSSR count). The molecule has 88 valence electrons. The molecule has 0 saturated carbocycles. The van der Waals surface area contributed by atoms with Crippen LogP contribution in [0.2, 0.25) is 0 Å². The first-order chi connectivity index (χ1) is 8.09. The van der Waals surface area contributed by atoms with Gasteiger partial charge < -0.3 is 4.18 Å². The third-order valence-corrected chi connectivity index (χ3v) is 2.57. The van der Waals surface area contributed by atoms with Crippen molar-refractivity contribution in [1.82, 2.24) is 0 Å². The van der Waals surface area contributed by atoms with Crippen LogP contribution in [-0.4, -0.2) is 13.3 Å². The Labute approximate surface area is 97.7 Å². The summed E-state index contributed by atoms with van der Waals surface area (Å²) in [6, 6.07) is 8.88. The van der Waals surface area contributed by atoms with Crippen LogP contribution in [0.1, 0.15) is 0 Å². The van der Waals surface area contributed by atoms with Gasteiger partial charge in [-0.05, 0) is 12.1 Å². The second kappa shape index (κ2) is 4.38. The van der Waals surface area contributed by atoms with E-state index in [-0.39, 0.29) is 11.4 Å². The van der Waals surface area contributed by atoms with Gasteiger partial charge in [0.05, 0.1) is 10.3 Å². The molecular weight excluding hydrogens is 246 g/mol. The van der Waals surface area contributed by atoms with Crippen LogP contribution >= 0.6 is 0 Å². The minimum Gasteiger partial charge on any atom is -0.384 e. The quantitative estimate of drug-likeness (QED) is 0.510. The van der Waals surface area contributed by atoms with Crippen LogP contribution in [-0.2, 0) is 11.0 Å². The summed E-state index contributed by atoms with van der Waals surface area (Å²) in [7, 11) is -3.04. The largest absolute Gasteiger partial charge is 0.384 e. The van der Waals surface area contributed by atoms with Crippen LogP contribution in [0, 0.1) is 10.1 Å². The molecule has 0 unspecified atom stereocenters. The van der Waals surface area contributed by atoms with Crippen LogP contribution in [0.5, 0.6) is 5.75 Å². The normalized spacial score (nSPS) is 10.6. The summed E-state index contributed by atoms with van der Waals surface area (Å²) in [6.07, 6.45) is 0. The Morgan fingerprint density at radius 3 is 2.35 bits per heavy atom. The maximum Gasteiger partial charge on any atom is 0.299 e. The van der Waals surface area contributed by atoms with E-state index in [1.807, 2.05) is 0 Å². The number of non-ortho nitro benzene ring substituents is 1. The van der Waals surface area contributed by atoms with Gasteiger partial charge in [-0.15, -0.1) is 0 Å². The summed E-state index contributed by atoms with van der Waals surface area (Å²) in [5.41, 5.74) is -0.0888. The average molecular weight is 253 g/mol. The number of nitrogens with zero attached hydrogens (tertiary/aromatic N) is 1. The fourth-order valence-electron chi connectivity index (χ4n) is 1.58. The topological polar surface area (TPSA) is 86.5 Å². The van der Waals surface area contributed by atoms with Gasteiger partial charge in [-0.3, -0.25) is 10.1 Å². The molecule has 6 nitrogen and oxygen atoms in total. The first-order valence-corrected chi connectivity index (χ1v) is 5.67. The monoisotopic (exact) mass is 253 g/mol. The van der Waals surface area contributed by atoms with Crippen LogP contribution < -0.4 is 4.18 Å². The molecule has 0 aliphatic rings. The number of nitro benzene ring substituents is 1. The van der Waals surface area contributed by atoms with Crippen molar-refractivity contribution in [3.63, 3.8) is 0 Å². The Morgan fingerprint density at radius 2 is 1.71 bits per heavy atom. The van der Waals surface area contributed by atoms with Gasteiger partial charge in [-0.25, -0.2) is 0 Å². The van der Waals surface area contributed by atoms with Crippen molar-refractivity contribution >= 4 is 27.4 Å². The van der Waals surface area contributed by atoms with E-state index in [0.717, 1.165) is 0 Å². The molecule has 0 fully saturated rings. The first-order valence-electron chi connectivity index (χ1n) is 4.58. The summed E-state index contributed by atoms with van der Waals surface area (Å²) in [5.74, 6) is 0.0855. The third kappa shape index (κ3) is 2.18. The molecule has 2 aromatic rings. The van der Waals surface area contributed by atoms with Crippen LogP contribution in [0.25, 0.3) is 10.8 Å². The standard InChI is InChI=1S/C10H7NO5S/c12-11(13)9-5-1-4-8-7(9)3-2-6-10(8)16-17(14)15/h1-6,17H. The van der Waals surface area contributed by atoms with Gasteiger partial charge in [0.2, 0.25) is 0 Å². The maximum atomic E-state index is 10.8. The van der Waals surface area contributed by atoms with Crippen LogP contribution in [0.15, 0.2) is 36.4 Å². The van der Waals surface area contributed by atoms with Crippen molar-refractivity contribution in [2.75, 3.05) is 0 Å². The lowest BCUT2D eigenvalue weighted by Crippen LogP contribution is -1.93. The third-order valence-electron chi connectivity index (χ3n) is 2.23. The highest BCUT2D eigenvalue weighted by molar-refractivity contribution is 7.67. The number of hydrogen-bond donors (Lipinski definition) is 1. The summed E-state index contributed by atoms with van der Waals surface area (Å²) in [5, 5.41) is 11.5. The molecule has 0 aliphatic carbocycles. The number of rotatable bonds is 3. The van der Waals surface area contributed by atoms with Crippen molar-refractivity contribution in [2.45, 2.75) is 0 Å². The summed E-state index contributed by atoms with van der Waals surface area (Å²) in [4.78, 5) is 10.3. The van der Waals surface area contributed by atoms with E-state index < -0.39 is 15.9 Å². The molecule has 0 atom stereocenters. The van der Waals surface area contributed by atoms with E-state index >= 15 is 0 Å². The zero-order valence-electron chi connectivity index (χ0n) is 8.40. The van der Waals surface area contributed by atoms with Crippen LogP contribution in [0.3, 0.4) is 0 Å². The SMILES string of the molecule is O=[N+]([O-])c1cccc2c(O[SH](=O)=O)cccc12. The molecule has 0 saturated heterocycles. The Bertz CT molecular complexity index is 657. The van der Waals surface area contributed by atoms with Crippen molar-refractivity contribution in [2.24, 2.45) is 0 Å². The van der Waals surface area contributed by atoms with E-state index in [4.69, 9.17) is 0 Å². The van der Waals surface area contributed by atoms with Gasteiger partial charge in [-0.1, -0.05) is 18.2 Å². The Kier molecular flexibility index (Phi) is 2.92. The molecule has 0 radical (unpaired) electrons. The predicted molar refractivity (Wildman–Crippen MR) is 61.5 cm³/mol. The second-order valence-corrected chi connectivity index (χ2v) is 3.83. The zero-order chi connectivity index (χ0) is 12.4. The molecule has 0 spiro atoms. The molecule has 0 amide bonds. The Morgan fingerprint density at radius 1 is 1.06 bits per heavy atom. The molecule has 2 aromatic carbocycles. The lowest BCUT2D eigenvalue weighted by molar-refractivity contribution is -0.383. The first kappa shape index (κ1) is 11.3. The molecule has 0 bridgehead atoms. The molecule has 0 aliphatic heterocycles. The maximum absolute atomic E-state index is 10.8. The lowest BCUT2D eigenvalue weighted by atomic mass is 10.1. The van der Waals surface area contributed by atoms with E-state index in [2.05, 4.69) is 4.18 Å². The average Bonchev–Trinajstić information content (AvgIpc) is 2.28. The number of nitro groups is 1. The smallest absolute Gasteiger partial charge is 0.299 e. The van der Waals surface area contributed by atoms with E-state index in [1.54, 1.807) is 6.07 Å². The number of thiol groups is 1. The fourth-order valence-corrected chi connectivity index (χ4v) is 1.90. The molecular formula is C10H7NO5S. The van der Waals surface area contributed by atoms with E-state index in [9.17, 15) is 18.5 Å². The highest BCUT2D eigenvalue weighted by atomic mass is 32.2. The Hall–Kier alpha value is -2.15. The molecule has 0 N–H and O–H groups in total. The van der Waals surface area contributed by atoms with Gasteiger partial charge in [-0.2, -0.15) is 8.42 Å². The number of fused-ring (bicyclic) bond motifs is 1. The van der Waals surface area contributed by atoms with Crippen molar-refractivity contribution in [1.29, 1.82) is 0 Å². The Balaban J connectivity index is 2.73. The second-order valence-electron chi connectivity index (χ2n) is 3.20. The fraction of sp³-hybridized carbons (Fsp3) is 0. The predicted octanol–water partition coefficient (Wildman–Crippen LogP) is 1.65. The van der Waals surface area contributed by atoms with Gasteiger partial charge in [0.15, 0.2) is 0 Å². The van der Waals surface area contributed by atoms with Crippen molar-refractivity contribution in [3.8, 4) is 5.75 Å². The lowest BCUT2D eigenvalue weighted by Gasteiger charge is -2.03. The summed E-state index contributed by atoms with van der Waals surface area (Å²) >= 11 is 0. The van der Waals surface area contributed by atoms with Crippen LogP contribution in [0.4, 0.5) is 5.69 Å². The van der Waals surface area contributed by atoms with Gasteiger partial charge in [0, 0.05) is 11.5 Å². The molecule has 7 heteroatoms.